The van der Waals surface area contributed by atoms with Crippen molar-refractivity contribution in [3.8, 4) is 11.4 Å². The number of aromatic nitrogens is 2. The summed E-state index contributed by atoms with van der Waals surface area (Å²) >= 11 is 0. The number of hydrogen-bond acceptors (Lipinski definition) is 5. The van der Waals surface area contributed by atoms with Crippen LogP contribution in [0.4, 0.5) is 13.2 Å². The third-order valence-corrected chi connectivity index (χ3v) is 3.53. The molecule has 134 valence electrons. The van der Waals surface area contributed by atoms with Crippen molar-refractivity contribution in [3.63, 3.8) is 0 Å². The molecule has 0 aliphatic rings. The lowest BCUT2D eigenvalue weighted by atomic mass is 10.1. The molecule has 3 rings (SSSR count). The van der Waals surface area contributed by atoms with Crippen molar-refractivity contribution in [2.45, 2.75) is 19.7 Å². The minimum Gasteiger partial charge on any atom is -0.452 e. The van der Waals surface area contributed by atoms with E-state index in [9.17, 15) is 18.0 Å². The normalized spacial score (nSPS) is 11.4. The number of benzene rings is 2. The molecule has 0 amide bonds. The lowest BCUT2D eigenvalue weighted by Crippen LogP contribution is -2.05. The van der Waals surface area contributed by atoms with Gasteiger partial charge in [-0.15, -0.1) is 0 Å². The number of carbonyl (C=O) groups excluding carboxylic acids is 1. The molecule has 3 aromatic rings. The maximum Gasteiger partial charge on any atom is 0.416 e. The van der Waals surface area contributed by atoms with Crippen molar-refractivity contribution in [1.29, 1.82) is 0 Å². The van der Waals surface area contributed by atoms with E-state index in [1.807, 2.05) is 6.92 Å². The third-order valence-electron chi connectivity index (χ3n) is 3.53. The van der Waals surface area contributed by atoms with E-state index in [4.69, 9.17) is 9.26 Å². The monoisotopic (exact) mass is 362 g/mol. The van der Waals surface area contributed by atoms with Crippen LogP contribution in [0.5, 0.6) is 0 Å². The molecule has 0 atom stereocenters. The number of ether oxygens (including phenoxy) is 1. The summed E-state index contributed by atoms with van der Waals surface area (Å²) in [5, 5.41) is 3.63. The van der Waals surface area contributed by atoms with Crippen LogP contribution in [0.2, 0.25) is 0 Å². The Balaban J connectivity index is 1.68. The number of hydrogen-bond donors (Lipinski definition) is 0. The van der Waals surface area contributed by atoms with E-state index in [1.54, 1.807) is 24.3 Å². The van der Waals surface area contributed by atoms with E-state index in [-0.39, 0.29) is 23.9 Å². The van der Waals surface area contributed by atoms with Crippen molar-refractivity contribution in [1.82, 2.24) is 10.1 Å². The minimum atomic E-state index is -4.47. The lowest BCUT2D eigenvalue weighted by molar-refractivity contribution is -0.137. The first kappa shape index (κ1) is 17.7. The van der Waals surface area contributed by atoms with Gasteiger partial charge in [-0.25, -0.2) is 4.79 Å². The van der Waals surface area contributed by atoms with Gasteiger partial charge in [0.25, 0.3) is 5.89 Å². The standard InChI is InChI=1S/C18H13F3N2O3/c1-11-5-7-12(8-6-11)17(24)25-10-15-22-16(23-26-15)13-3-2-4-14(9-13)18(19,20)21/h2-9H,10H2,1H3. The van der Waals surface area contributed by atoms with E-state index >= 15 is 0 Å². The zero-order valence-corrected chi connectivity index (χ0v) is 13.6. The molecule has 0 N–H and O–H groups in total. The molecule has 0 fully saturated rings. The molecule has 26 heavy (non-hydrogen) atoms. The Morgan fingerprint density at radius 2 is 1.88 bits per heavy atom. The molecule has 0 spiro atoms. The van der Waals surface area contributed by atoms with Gasteiger partial charge in [-0.1, -0.05) is 35.0 Å². The van der Waals surface area contributed by atoms with Crippen LogP contribution in [0, 0.1) is 6.92 Å². The quantitative estimate of drug-likeness (QED) is 0.643. The first-order chi connectivity index (χ1) is 12.3. The summed E-state index contributed by atoms with van der Waals surface area (Å²) < 4.78 is 48.3. The zero-order chi connectivity index (χ0) is 18.7. The molecular formula is C18H13F3N2O3. The number of halogens is 3. The van der Waals surface area contributed by atoms with Crippen LogP contribution in [-0.2, 0) is 17.5 Å². The predicted molar refractivity (Wildman–Crippen MR) is 85.0 cm³/mol. The average Bonchev–Trinajstić information content (AvgIpc) is 3.09. The summed E-state index contributed by atoms with van der Waals surface area (Å²) in [6, 6.07) is 11.4. The summed E-state index contributed by atoms with van der Waals surface area (Å²) in [6.07, 6.45) is -4.47. The second-order valence-corrected chi connectivity index (χ2v) is 5.53. The van der Waals surface area contributed by atoms with Gasteiger partial charge < -0.3 is 9.26 Å². The van der Waals surface area contributed by atoms with Gasteiger partial charge in [0.15, 0.2) is 6.61 Å². The fourth-order valence-electron chi connectivity index (χ4n) is 2.17. The van der Waals surface area contributed by atoms with Crippen molar-refractivity contribution < 1.29 is 27.2 Å². The summed E-state index contributed by atoms with van der Waals surface area (Å²) in [4.78, 5) is 15.9. The Morgan fingerprint density at radius 3 is 2.58 bits per heavy atom. The van der Waals surface area contributed by atoms with E-state index < -0.39 is 17.7 Å². The van der Waals surface area contributed by atoms with Gasteiger partial charge in [0.2, 0.25) is 5.82 Å². The summed E-state index contributed by atoms with van der Waals surface area (Å²) in [6.45, 7) is 1.61. The molecule has 0 radical (unpaired) electrons. The molecule has 5 nitrogen and oxygen atoms in total. The fraction of sp³-hybridized carbons (Fsp3) is 0.167. The highest BCUT2D eigenvalue weighted by atomic mass is 19.4. The summed E-state index contributed by atoms with van der Waals surface area (Å²) in [7, 11) is 0. The highest BCUT2D eigenvalue weighted by molar-refractivity contribution is 5.89. The molecular weight excluding hydrogens is 349 g/mol. The van der Waals surface area contributed by atoms with E-state index in [0.29, 0.717) is 5.56 Å². The van der Waals surface area contributed by atoms with Crippen LogP contribution in [0.1, 0.15) is 27.4 Å². The van der Waals surface area contributed by atoms with Gasteiger partial charge in [-0.05, 0) is 31.2 Å². The van der Waals surface area contributed by atoms with Gasteiger partial charge in [0.1, 0.15) is 0 Å². The van der Waals surface area contributed by atoms with Crippen molar-refractivity contribution in [3.05, 3.63) is 71.1 Å². The summed E-state index contributed by atoms with van der Waals surface area (Å²) in [5.74, 6) is -0.598. The fourth-order valence-corrected chi connectivity index (χ4v) is 2.17. The SMILES string of the molecule is Cc1ccc(C(=O)OCc2nc(-c3cccc(C(F)(F)F)c3)no2)cc1. The maximum atomic E-state index is 12.8. The minimum absolute atomic E-state index is 0.0159. The van der Waals surface area contributed by atoms with E-state index in [1.165, 1.54) is 12.1 Å². The molecule has 0 saturated heterocycles. The van der Waals surface area contributed by atoms with Crippen LogP contribution < -0.4 is 0 Å². The summed E-state index contributed by atoms with van der Waals surface area (Å²) in [5.41, 5.74) is 0.712. The average molecular weight is 362 g/mol. The highest BCUT2D eigenvalue weighted by Gasteiger charge is 2.30. The molecule has 2 aromatic carbocycles. The Morgan fingerprint density at radius 1 is 1.15 bits per heavy atom. The molecule has 0 aliphatic carbocycles. The van der Waals surface area contributed by atoms with Crippen LogP contribution in [0.25, 0.3) is 11.4 Å². The van der Waals surface area contributed by atoms with Crippen LogP contribution in [0.15, 0.2) is 53.1 Å². The first-order valence-corrected chi connectivity index (χ1v) is 7.57. The van der Waals surface area contributed by atoms with Crippen molar-refractivity contribution >= 4 is 5.97 Å². The number of alkyl halides is 3. The van der Waals surface area contributed by atoms with Crippen LogP contribution in [0.3, 0.4) is 0 Å². The Labute approximate surface area is 146 Å². The first-order valence-electron chi connectivity index (χ1n) is 7.57. The molecule has 1 aromatic heterocycles. The number of aryl methyl sites for hydroxylation is 1. The van der Waals surface area contributed by atoms with Crippen molar-refractivity contribution in [2.24, 2.45) is 0 Å². The second-order valence-electron chi connectivity index (χ2n) is 5.53. The third kappa shape index (κ3) is 4.08. The molecule has 0 unspecified atom stereocenters. The van der Waals surface area contributed by atoms with E-state index in [2.05, 4.69) is 10.1 Å². The second kappa shape index (κ2) is 6.99. The number of carbonyl (C=O) groups is 1. The zero-order valence-electron chi connectivity index (χ0n) is 13.6. The van der Waals surface area contributed by atoms with Crippen LogP contribution >= 0.6 is 0 Å². The predicted octanol–water partition coefficient (Wildman–Crippen LogP) is 4.42. The number of rotatable bonds is 4. The van der Waals surface area contributed by atoms with Crippen molar-refractivity contribution in [2.75, 3.05) is 0 Å². The number of esters is 1. The smallest absolute Gasteiger partial charge is 0.416 e. The van der Waals surface area contributed by atoms with Gasteiger partial charge in [0, 0.05) is 5.56 Å². The molecule has 8 heteroatoms. The van der Waals surface area contributed by atoms with E-state index in [0.717, 1.165) is 17.7 Å². The van der Waals surface area contributed by atoms with Crippen LogP contribution in [-0.4, -0.2) is 16.1 Å². The topological polar surface area (TPSA) is 65.2 Å². The van der Waals surface area contributed by atoms with Gasteiger partial charge in [-0.3, -0.25) is 0 Å². The molecule has 0 saturated carbocycles. The largest absolute Gasteiger partial charge is 0.452 e. The Kier molecular flexibility index (Phi) is 4.75. The molecule has 1 heterocycles. The lowest BCUT2D eigenvalue weighted by Gasteiger charge is -2.06. The maximum absolute atomic E-state index is 12.8. The van der Waals surface area contributed by atoms with Gasteiger partial charge in [0.05, 0.1) is 11.1 Å². The highest BCUT2D eigenvalue weighted by Crippen LogP contribution is 2.31. The Bertz CT molecular complexity index is 918. The Hall–Kier alpha value is -3.16. The molecule has 0 bridgehead atoms. The van der Waals surface area contributed by atoms with Gasteiger partial charge >= 0.3 is 12.1 Å². The van der Waals surface area contributed by atoms with Gasteiger partial charge in [-0.2, -0.15) is 18.2 Å². The molecule has 0 aliphatic heterocycles. The number of nitrogens with zero attached hydrogens (tertiary/aromatic N) is 2.